The molecule has 2 aromatic carbocycles. The average Bonchev–Trinajstić information content (AvgIpc) is 2.45. The second-order valence-electron chi connectivity index (χ2n) is 4.29. The molecule has 0 aromatic heterocycles. The lowest BCUT2D eigenvalue weighted by molar-refractivity contribution is 0.408. The number of rotatable bonds is 5. The standard InChI is InChI=1S/C16H18FNO/c1-3-18-11-13-10-12(8-9-16(13)19-2)14-6-4-5-7-15(14)17/h4-10,18H,3,11H2,1-2H3. The van der Waals surface area contributed by atoms with Gasteiger partial charge in [0.1, 0.15) is 11.6 Å². The van der Waals surface area contributed by atoms with Crippen molar-refractivity contribution in [3.63, 3.8) is 0 Å². The summed E-state index contributed by atoms with van der Waals surface area (Å²) in [5, 5.41) is 3.26. The molecule has 1 N–H and O–H groups in total. The SMILES string of the molecule is CCNCc1cc(-c2ccccc2F)ccc1OC. The van der Waals surface area contributed by atoms with Gasteiger partial charge in [-0.3, -0.25) is 0 Å². The largest absolute Gasteiger partial charge is 0.496 e. The van der Waals surface area contributed by atoms with Crippen molar-refractivity contribution in [1.29, 1.82) is 0 Å². The molecule has 0 unspecified atom stereocenters. The minimum absolute atomic E-state index is 0.206. The molecule has 0 fully saturated rings. The first-order chi connectivity index (χ1) is 9.26. The third-order valence-corrected chi connectivity index (χ3v) is 3.03. The Balaban J connectivity index is 2.40. The van der Waals surface area contributed by atoms with Crippen LogP contribution in [0.2, 0.25) is 0 Å². The van der Waals surface area contributed by atoms with Crippen LogP contribution in [0.1, 0.15) is 12.5 Å². The van der Waals surface area contributed by atoms with Crippen LogP contribution in [0.15, 0.2) is 42.5 Å². The maximum Gasteiger partial charge on any atom is 0.131 e. The molecule has 0 saturated carbocycles. The van der Waals surface area contributed by atoms with Crippen LogP contribution in [0.25, 0.3) is 11.1 Å². The van der Waals surface area contributed by atoms with Crippen molar-refractivity contribution in [3.05, 3.63) is 53.8 Å². The Morgan fingerprint density at radius 3 is 2.63 bits per heavy atom. The van der Waals surface area contributed by atoms with E-state index < -0.39 is 0 Å². The fraction of sp³-hybridized carbons (Fsp3) is 0.250. The van der Waals surface area contributed by atoms with Gasteiger partial charge in [0.15, 0.2) is 0 Å². The Kier molecular flexibility index (Phi) is 4.53. The van der Waals surface area contributed by atoms with E-state index in [1.807, 2.05) is 31.2 Å². The molecule has 2 nitrogen and oxygen atoms in total. The van der Waals surface area contributed by atoms with E-state index in [9.17, 15) is 4.39 Å². The number of benzene rings is 2. The van der Waals surface area contributed by atoms with Gasteiger partial charge in [0.05, 0.1) is 7.11 Å². The zero-order valence-corrected chi connectivity index (χ0v) is 11.2. The van der Waals surface area contributed by atoms with E-state index in [4.69, 9.17) is 4.74 Å². The molecule has 0 saturated heterocycles. The van der Waals surface area contributed by atoms with Crippen molar-refractivity contribution in [3.8, 4) is 16.9 Å². The summed E-state index contributed by atoms with van der Waals surface area (Å²) in [5.41, 5.74) is 2.51. The lowest BCUT2D eigenvalue weighted by atomic mass is 10.0. The van der Waals surface area contributed by atoms with Gasteiger partial charge in [-0.2, -0.15) is 0 Å². The second-order valence-corrected chi connectivity index (χ2v) is 4.29. The molecule has 0 heterocycles. The second kappa shape index (κ2) is 6.34. The zero-order chi connectivity index (χ0) is 13.7. The Labute approximate surface area is 113 Å². The van der Waals surface area contributed by atoms with Crippen LogP contribution in [-0.2, 0) is 6.54 Å². The third-order valence-electron chi connectivity index (χ3n) is 3.03. The van der Waals surface area contributed by atoms with Crippen molar-refractivity contribution in [2.75, 3.05) is 13.7 Å². The van der Waals surface area contributed by atoms with Crippen molar-refractivity contribution in [1.82, 2.24) is 5.32 Å². The molecule has 0 bridgehead atoms. The van der Waals surface area contributed by atoms with E-state index in [1.165, 1.54) is 6.07 Å². The van der Waals surface area contributed by atoms with Crippen LogP contribution in [-0.4, -0.2) is 13.7 Å². The van der Waals surface area contributed by atoms with E-state index in [1.54, 1.807) is 19.2 Å². The summed E-state index contributed by atoms with van der Waals surface area (Å²) in [7, 11) is 1.65. The molecule has 2 rings (SSSR count). The van der Waals surface area contributed by atoms with Crippen LogP contribution in [0.5, 0.6) is 5.75 Å². The monoisotopic (exact) mass is 259 g/mol. The molecule has 0 radical (unpaired) electrons. The molecule has 19 heavy (non-hydrogen) atoms. The summed E-state index contributed by atoms with van der Waals surface area (Å²) in [6, 6.07) is 12.5. The van der Waals surface area contributed by atoms with Gasteiger partial charge in [-0.05, 0) is 30.3 Å². The van der Waals surface area contributed by atoms with E-state index in [-0.39, 0.29) is 5.82 Å². The number of ether oxygens (including phenoxy) is 1. The zero-order valence-electron chi connectivity index (χ0n) is 11.2. The summed E-state index contributed by atoms with van der Waals surface area (Å²) < 4.78 is 19.1. The third kappa shape index (κ3) is 3.12. The Hall–Kier alpha value is -1.87. The van der Waals surface area contributed by atoms with E-state index in [0.717, 1.165) is 23.4 Å². The fourth-order valence-corrected chi connectivity index (χ4v) is 2.04. The average molecular weight is 259 g/mol. The molecular weight excluding hydrogens is 241 g/mol. The highest BCUT2D eigenvalue weighted by Crippen LogP contribution is 2.28. The summed E-state index contributed by atoms with van der Waals surface area (Å²) in [6.45, 7) is 3.64. The van der Waals surface area contributed by atoms with Gasteiger partial charge in [-0.1, -0.05) is 31.2 Å². The van der Waals surface area contributed by atoms with Gasteiger partial charge in [0.25, 0.3) is 0 Å². The van der Waals surface area contributed by atoms with Gasteiger partial charge in [0, 0.05) is 17.7 Å². The Morgan fingerprint density at radius 1 is 1.16 bits per heavy atom. The molecule has 0 atom stereocenters. The highest BCUT2D eigenvalue weighted by Gasteiger charge is 2.08. The molecule has 0 aliphatic heterocycles. The molecule has 0 aliphatic rings. The first-order valence-corrected chi connectivity index (χ1v) is 6.38. The summed E-state index contributed by atoms with van der Waals surface area (Å²) in [5.74, 6) is 0.614. The Morgan fingerprint density at radius 2 is 1.95 bits per heavy atom. The highest BCUT2D eigenvalue weighted by atomic mass is 19.1. The minimum Gasteiger partial charge on any atom is -0.496 e. The first kappa shape index (κ1) is 13.6. The summed E-state index contributed by atoms with van der Waals surface area (Å²) in [6.07, 6.45) is 0. The van der Waals surface area contributed by atoms with Gasteiger partial charge in [-0.25, -0.2) is 4.39 Å². The lowest BCUT2D eigenvalue weighted by Gasteiger charge is -2.11. The van der Waals surface area contributed by atoms with E-state index in [0.29, 0.717) is 12.1 Å². The molecule has 0 amide bonds. The van der Waals surface area contributed by atoms with Crippen LogP contribution in [0.4, 0.5) is 4.39 Å². The maximum atomic E-state index is 13.8. The molecule has 3 heteroatoms. The molecule has 2 aromatic rings. The summed E-state index contributed by atoms with van der Waals surface area (Å²) >= 11 is 0. The van der Waals surface area contributed by atoms with Gasteiger partial charge >= 0.3 is 0 Å². The number of hydrogen-bond donors (Lipinski definition) is 1. The Bertz CT molecular complexity index is 554. The predicted octanol–water partition coefficient (Wildman–Crippen LogP) is 3.61. The maximum absolute atomic E-state index is 13.8. The lowest BCUT2D eigenvalue weighted by Crippen LogP contribution is -2.12. The molecule has 0 aliphatic carbocycles. The molecular formula is C16H18FNO. The number of hydrogen-bond acceptors (Lipinski definition) is 2. The number of methoxy groups -OCH3 is 1. The number of halogens is 1. The highest BCUT2D eigenvalue weighted by molar-refractivity contribution is 5.66. The quantitative estimate of drug-likeness (QED) is 0.885. The molecule has 100 valence electrons. The van der Waals surface area contributed by atoms with Crippen LogP contribution >= 0.6 is 0 Å². The van der Waals surface area contributed by atoms with Crippen molar-refractivity contribution < 1.29 is 9.13 Å². The van der Waals surface area contributed by atoms with Crippen molar-refractivity contribution in [2.24, 2.45) is 0 Å². The van der Waals surface area contributed by atoms with Crippen LogP contribution < -0.4 is 10.1 Å². The minimum atomic E-state index is -0.206. The normalized spacial score (nSPS) is 10.5. The predicted molar refractivity (Wildman–Crippen MR) is 75.8 cm³/mol. The van der Waals surface area contributed by atoms with Crippen LogP contribution in [0, 0.1) is 5.82 Å². The van der Waals surface area contributed by atoms with Crippen molar-refractivity contribution >= 4 is 0 Å². The van der Waals surface area contributed by atoms with Gasteiger partial charge in [-0.15, -0.1) is 0 Å². The first-order valence-electron chi connectivity index (χ1n) is 6.38. The van der Waals surface area contributed by atoms with E-state index in [2.05, 4.69) is 5.32 Å². The van der Waals surface area contributed by atoms with E-state index >= 15 is 0 Å². The topological polar surface area (TPSA) is 21.3 Å². The number of nitrogens with one attached hydrogen (secondary N) is 1. The molecule has 0 spiro atoms. The summed E-state index contributed by atoms with van der Waals surface area (Å²) in [4.78, 5) is 0. The fourth-order valence-electron chi connectivity index (χ4n) is 2.04. The smallest absolute Gasteiger partial charge is 0.131 e. The van der Waals surface area contributed by atoms with Crippen molar-refractivity contribution in [2.45, 2.75) is 13.5 Å². The van der Waals surface area contributed by atoms with Gasteiger partial charge in [0.2, 0.25) is 0 Å². The van der Waals surface area contributed by atoms with Gasteiger partial charge < -0.3 is 10.1 Å². The van der Waals surface area contributed by atoms with Crippen LogP contribution in [0.3, 0.4) is 0 Å².